The van der Waals surface area contributed by atoms with Gasteiger partial charge in [-0.1, -0.05) is 36.0 Å². The van der Waals surface area contributed by atoms with Crippen LogP contribution in [0, 0.1) is 0 Å². The molecular weight excluding hydrogens is 298 g/mol. The molecule has 0 saturated carbocycles. The molecule has 0 atom stereocenters. The van der Waals surface area contributed by atoms with Gasteiger partial charge in [0.15, 0.2) is 5.16 Å². The van der Waals surface area contributed by atoms with Gasteiger partial charge in [0.25, 0.3) is 0 Å². The van der Waals surface area contributed by atoms with Gasteiger partial charge in [-0.3, -0.25) is 0 Å². The zero-order valence-corrected chi connectivity index (χ0v) is 13.1. The fourth-order valence-corrected chi connectivity index (χ4v) is 4.31. The van der Waals surface area contributed by atoms with E-state index in [0.717, 1.165) is 27.0 Å². The molecule has 0 amide bonds. The first kappa shape index (κ1) is 12.9. The topological polar surface area (TPSA) is 30.7 Å². The Morgan fingerprint density at radius 3 is 2.57 bits per heavy atom. The number of aromatic nitrogens is 3. The second kappa shape index (κ2) is 5.16. The van der Waals surface area contributed by atoms with Gasteiger partial charge in [0.05, 0.1) is 27.0 Å². The summed E-state index contributed by atoms with van der Waals surface area (Å²) in [7, 11) is 2.07. The molecule has 2 aromatic heterocycles. The van der Waals surface area contributed by atoms with Crippen LogP contribution in [0.15, 0.2) is 53.7 Å². The lowest BCUT2D eigenvalue weighted by atomic mass is 10.3. The molecule has 0 aliphatic heterocycles. The third kappa shape index (κ3) is 2.32. The highest BCUT2D eigenvalue weighted by molar-refractivity contribution is 7.98. The highest BCUT2D eigenvalue weighted by Gasteiger charge is 2.09. The highest BCUT2D eigenvalue weighted by atomic mass is 32.2. The van der Waals surface area contributed by atoms with Crippen molar-refractivity contribution in [3.05, 3.63) is 53.5 Å². The Kier molecular flexibility index (Phi) is 3.16. The standard InChI is InChI=1S/C16H13N3S2/c1-19-13-8-4-2-6-11(13)18-16(19)20-10-15-17-12-7-3-5-9-14(12)21-15/h2-9H,10H2,1H3. The van der Waals surface area contributed by atoms with E-state index >= 15 is 0 Å². The van der Waals surface area contributed by atoms with Crippen molar-refractivity contribution in [1.29, 1.82) is 0 Å². The van der Waals surface area contributed by atoms with Crippen molar-refractivity contribution in [1.82, 2.24) is 14.5 Å². The largest absolute Gasteiger partial charge is 0.322 e. The minimum absolute atomic E-state index is 0.858. The molecule has 4 rings (SSSR count). The van der Waals surface area contributed by atoms with Crippen molar-refractivity contribution in [2.24, 2.45) is 7.05 Å². The van der Waals surface area contributed by atoms with E-state index in [0.29, 0.717) is 0 Å². The van der Waals surface area contributed by atoms with Crippen molar-refractivity contribution in [3.8, 4) is 0 Å². The number of thiazole rings is 1. The van der Waals surface area contributed by atoms with E-state index in [-0.39, 0.29) is 0 Å². The molecular formula is C16H13N3S2. The molecule has 2 heterocycles. The zero-order valence-electron chi connectivity index (χ0n) is 11.5. The van der Waals surface area contributed by atoms with Gasteiger partial charge in [0.1, 0.15) is 5.01 Å². The molecule has 3 nitrogen and oxygen atoms in total. The Morgan fingerprint density at radius 2 is 1.76 bits per heavy atom. The number of thioether (sulfide) groups is 1. The van der Waals surface area contributed by atoms with Crippen LogP contribution >= 0.6 is 23.1 Å². The summed E-state index contributed by atoms with van der Waals surface area (Å²) in [5.74, 6) is 0.858. The molecule has 0 aliphatic rings. The number of imidazole rings is 1. The van der Waals surface area contributed by atoms with Crippen LogP contribution in [0.1, 0.15) is 5.01 Å². The van der Waals surface area contributed by atoms with E-state index in [1.807, 2.05) is 18.2 Å². The first-order valence-corrected chi connectivity index (χ1v) is 8.50. The Morgan fingerprint density at radius 1 is 1.00 bits per heavy atom. The summed E-state index contributed by atoms with van der Waals surface area (Å²) in [6.07, 6.45) is 0. The van der Waals surface area contributed by atoms with E-state index in [9.17, 15) is 0 Å². The Balaban J connectivity index is 1.61. The maximum Gasteiger partial charge on any atom is 0.169 e. The van der Waals surface area contributed by atoms with Crippen molar-refractivity contribution < 1.29 is 0 Å². The lowest BCUT2D eigenvalue weighted by molar-refractivity contribution is 0.815. The fraction of sp³-hybridized carbons (Fsp3) is 0.125. The highest BCUT2D eigenvalue weighted by Crippen LogP contribution is 2.29. The molecule has 0 unspecified atom stereocenters. The molecule has 104 valence electrons. The van der Waals surface area contributed by atoms with Crippen LogP contribution in [-0.4, -0.2) is 14.5 Å². The summed E-state index contributed by atoms with van der Waals surface area (Å²) < 4.78 is 3.39. The van der Waals surface area contributed by atoms with Crippen LogP contribution in [0.5, 0.6) is 0 Å². The summed E-state index contributed by atoms with van der Waals surface area (Å²) in [5, 5.41) is 2.18. The Labute approximate surface area is 130 Å². The monoisotopic (exact) mass is 311 g/mol. The average molecular weight is 311 g/mol. The number of para-hydroxylation sites is 3. The number of fused-ring (bicyclic) bond motifs is 2. The molecule has 0 fully saturated rings. The van der Waals surface area contributed by atoms with Crippen LogP contribution in [0.3, 0.4) is 0 Å². The van der Waals surface area contributed by atoms with Crippen LogP contribution in [0.25, 0.3) is 21.3 Å². The fourth-order valence-electron chi connectivity index (χ4n) is 2.36. The molecule has 21 heavy (non-hydrogen) atoms. The maximum atomic E-state index is 4.68. The zero-order chi connectivity index (χ0) is 14.2. The summed E-state index contributed by atoms with van der Waals surface area (Å²) >= 11 is 3.50. The summed E-state index contributed by atoms with van der Waals surface area (Å²) in [6.45, 7) is 0. The van der Waals surface area contributed by atoms with E-state index in [1.54, 1.807) is 23.1 Å². The number of nitrogens with zero attached hydrogens (tertiary/aromatic N) is 3. The van der Waals surface area contributed by atoms with Gasteiger partial charge in [0, 0.05) is 7.05 Å². The number of hydrogen-bond donors (Lipinski definition) is 0. The van der Waals surface area contributed by atoms with Crippen molar-refractivity contribution in [2.75, 3.05) is 0 Å². The quantitative estimate of drug-likeness (QED) is 0.523. The molecule has 0 saturated heterocycles. The molecule has 2 aromatic carbocycles. The Hall–Kier alpha value is -1.85. The third-order valence-electron chi connectivity index (χ3n) is 3.41. The SMILES string of the molecule is Cn1c(SCc2nc3ccccc3s2)nc2ccccc21. The lowest BCUT2D eigenvalue weighted by Crippen LogP contribution is -1.90. The van der Waals surface area contributed by atoms with E-state index in [4.69, 9.17) is 0 Å². The van der Waals surface area contributed by atoms with E-state index in [1.165, 1.54) is 10.2 Å². The summed E-state index contributed by atoms with van der Waals surface area (Å²) in [4.78, 5) is 9.36. The molecule has 0 bridgehead atoms. The van der Waals surface area contributed by atoms with Gasteiger partial charge >= 0.3 is 0 Å². The van der Waals surface area contributed by atoms with Crippen molar-refractivity contribution >= 4 is 44.3 Å². The van der Waals surface area contributed by atoms with Gasteiger partial charge in [-0.2, -0.15) is 0 Å². The van der Waals surface area contributed by atoms with E-state index < -0.39 is 0 Å². The molecule has 0 spiro atoms. The van der Waals surface area contributed by atoms with Crippen molar-refractivity contribution in [3.63, 3.8) is 0 Å². The predicted molar refractivity (Wildman–Crippen MR) is 89.9 cm³/mol. The second-order valence-electron chi connectivity index (χ2n) is 4.81. The third-order valence-corrected chi connectivity index (χ3v) is 5.67. The predicted octanol–water partition coefficient (Wildman–Crippen LogP) is 4.48. The van der Waals surface area contributed by atoms with Crippen LogP contribution in [0.4, 0.5) is 0 Å². The molecule has 0 aliphatic carbocycles. The Bertz CT molecular complexity index is 890. The molecule has 0 N–H and O–H groups in total. The minimum Gasteiger partial charge on any atom is -0.322 e. The minimum atomic E-state index is 0.858. The van der Waals surface area contributed by atoms with Crippen LogP contribution in [0.2, 0.25) is 0 Å². The first-order valence-electron chi connectivity index (χ1n) is 6.70. The van der Waals surface area contributed by atoms with Crippen molar-refractivity contribution in [2.45, 2.75) is 10.9 Å². The van der Waals surface area contributed by atoms with Gasteiger partial charge in [-0.25, -0.2) is 9.97 Å². The smallest absolute Gasteiger partial charge is 0.169 e. The van der Waals surface area contributed by atoms with Gasteiger partial charge in [-0.05, 0) is 24.3 Å². The number of benzene rings is 2. The van der Waals surface area contributed by atoms with Crippen LogP contribution in [-0.2, 0) is 12.8 Å². The molecule has 5 heteroatoms. The van der Waals surface area contributed by atoms with Crippen LogP contribution < -0.4 is 0 Å². The first-order chi connectivity index (χ1) is 10.3. The number of hydrogen-bond acceptors (Lipinski definition) is 4. The lowest BCUT2D eigenvalue weighted by Gasteiger charge is -1.99. The average Bonchev–Trinajstić information content (AvgIpc) is 3.07. The summed E-state index contributed by atoms with van der Waals surface area (Å²) in [6, 6.07) is 16.5. The normalized spacial score (nSPS) is 11.5. The number of aryl methyl sites for hydroxylation is 1. The molecule has 4 aromatic rings. The maximum absolute atomic E-state index is 4.68. The summed E-state index contributed by atoms with van der Waals surface area (Å²) in [5.41, 5.74) is 3.30. The van der Waals surface area contributed by atoms with Gasteiger partial charge in [0.2, 0.25) is 0 Å². The number of rotatable bonds is 3. The molecule has 0 radical (unpaired) electrons. The van der Waals surface area contributed by atoms with E-state index in [2.05, 4.69) is 51.9 Å². The van der Waals surface area contributed by atoms with Gasteiger partial charge in [-0.15, -0.1) is 11.3 Å². The van der Waals surface area contributed by atoms with Gasteiger partial charge < -0.3 is 4.57 Å². The second-order valence-corrected chi connectivity index (χ2v) is 6.86.